The van der Waals surface area contributed by atoms with Gasteiger partial charge in [0.25, 0.3) is 12.1 Å². The molecular formula is C12H14F2N2O3. The molecule has 0 heterocycles. The topological polar surface area (TPSA) is 75.4 Å². The van der Waals surface area contributed by atoms with Gasteiger partial charge in [0.05, 0.1) is 11.5 Å². The zero-order valence-corrected chi connectivity index (χ0v) is 10.1. The van der Waals surface area contributed by atoms with Crippen molar-refractivity contribution in [1.29, 1.82) is 0 Å². The van der Waals surface area contributed by atoms with E-state index in [1.165, 1.54) is 12.1 Å². The van der Waals surface area contributed by atoms with Gasteiger partial charge in [-0.1, -0.05) is 0 Å². The number of non-ortho nitro benzene ring substituents is 1. The largest absolute Gasteiger partial charge is 0.396 e. The van der Waals surface area contributed by atoms with Crippen LogP contribution in [-0.4, -0.2) is 23.2 Å². The summed E-state index contributed by atoms with van der Waals surface area (Å²) in [5, 5.41) is 22.6. The molecule has 1 aliphatic carbocycles. The number of nitrogens with one attached hydrogen (secondary N) is 1. The van der Waals surface area contributed by atoms with E-state index in [1.54, 1.807) is 0 Å². The number of halogens is 2. The maximum atomic E-state index is 12.9. The van der Waals surface area contributed by atoms with Crippen molar-refractivity contribution in [2.24, 2.45) is 5.41 Å². The summed E-state index contributed by atoms with van der Waals surface area (Å²) in [4.78, 5) is 9.87. The molecule has 2 N–H and O–H groups in total. The van der Waals surface area contributed by atoms with Gasteiger partial charge >= 0.3 is 0 Å². The molecule has 0 aliphatic heterocycles. The van der Waals surface area contributed by atoms with Crippen LogP contribution in [0.3, 0.4) is 0 Å². The van der Waals surface area contributed by atoms with E-state index in [9.17, 15) is 18.9 Å². The van der Waals surface area contributed by atoms with Crippen LogP contribution >= 0.6 is 0 Å². The molecule has 0 radical (unpaired) electrons. The van der Waals surface area contributed by atoms with Gasteiger partial charge in [0.1, 0.15) is 0 Å². The first kappa shape index (κ1) is 13.7. The first-order chi connectivity index (χ1) is 8.97. The maximum absolute atomic E-state index is 12.9. The fraction of sp³-hybridized carbons (Fsp3) is 0.500. The lowest BCUT2D eigenvalue weighted by Gasteiger charge is -2.16. The Kier molecular flexibility index (Phi) is 3.66. The number of benzene rings is 1. The van der Waals surface area contributed by atoms with Crippen LogP contribution in [0, 0.1) is 15.5 Å². The number of alkyl halides is 2. The van der Waals surface area contributed by atoms with Gasteiger partial charge in [-0.3, -0.25) is 10.1 Å². The lowest BCUT2D eigenvalue weighted by molar-refractivity contribution is -0.385. The highest BCUT2D eigenvalue weighted by atomic mass is 19.3. The van der Waals surface area contributed by atoms with E-state index in [0.717, 1.165) is 18.9 Å². The molecule has 1 aromatic carbocycles. The van der Waals surface area contributed by atoms with Crippen molar-refractivity contribution in [3.8, 4) is 0 Å². The molecular weight excluding hydrogens is 258 g/mol. The molecule has 5 nitrogen and oxygen atoms in total. The van der Waals surface area contributed by atoms with Gasteiger partial charge in [0.15, 0.2) is 0 Å². The number of nitro groups is 1. The van der Waals surface area contributed by atoms with E-state index in [-0.39, 0.29) is 29.0 Å². The summed E-state index contributed by atoms with van der Waals surface area (Å²) in [6.45, 7) is 0.401. The SMILES string of the molecule is O=[N+]([O-])c1ccc(NCC2(CO)CC2)c(C(F)F)c1. The highest BCUT2D eigenvalue weighted by Crippen LogP contribution is 2.45. The van der Waals surface area contributed by atoms with Crippen molar-refractivity contribution in [2.75, 3.05) is 18.5 Å². The van der Waals surface area contributed by atoms with Crippen molar-refractivity contribution in [3.63, 3.8) is 0 Å². The van der Waals surface area contributed by atoms with Crippen LogP contribution in [0.2, 0.25) is 0 Å². The highest BCUT2D eigenvalue weighted by Gasteiger charge is 2.41. The number of hydrogen-bond donors (Lipinski definition) is 2. The Hall–Kier alpha value is -1.76. The molecule has 104 valence electrons. The number of hydrogen-bond acceptors (Lipinski definition) is 4. The molecule has 1 aliphatic rings. The molecule has 0 bridgehead atoms. The van der Waals surface area contributed by atoms with Crippen LogP contribution in [-0.2, 0) is 0 Å². The average Bonchev–Trinajstić information content (AvgIpc) is 3.16. The van der Waals surface area contributed by atoms with Gasteiger partial charge in [-0.05, 0) is 18.9 Å². The molecule has 19 heavy (non-hydrogen) atoms. The third-order valence-corrected chi connectivity index (χ3v) is 3.43. The maximum Gasteiger partial charge on any atom is 0.270 e. The van der Waals surface area contributed by atoms with Gasteiger partial charge in [0.2, 0.25) is 0 Å². The molecule has 1 aromatic rings. The highest BCUT2D eigenvalue weighted by molar-refractivity contribution is 5.56. The molecule has 2 rings (SSSR count). The van der Waals surface area contributed by atoms with Crippen molar-refractivity contribution >= 4 is 11.4 Å². The molecule has 0 unspecified atom stereocenters. The summed E-state index contributed by atoms with van der Waals surface area (Å²) < 4.78 is 25.8. The van der Waals surface area contributed by atoms with Crippen molar-refractivity contribution in [1.82, 2.24) is 0 Å². The lowest BCUT2D eigenvalue weighted by atomic mass is 10.1. The zero-order valence-electron chi connectivity index (χ0n) is 10.1. The van der Waals surface area contributed by atoms with E-state index >= 15 is 0 Å². The molecule has 1 saturated carbocycles. The first-order valence-electron chi connectivity index (χ1n) is 5.89. The van der Waals surface area contributed by atoms with Gasteiger partial charge in [-0.15, -0.1) is 0 Å². The Labute approximate surface area is 108 Å². The van der Waals surface area contributed by atoms with Crippen LogP contribution in [0.5, 0.6) is 0 Å². The monoisotopic (exact) mass is 272 g/mol. The van der Waals surface area contributed by atoms with E-state index in [0.29, 0.717) is 6.54 Å². The van der Waals surface area contributed by atoms with Gasteiger partial charge in [-0.25, -0.2) is 8.78 Å². The fourth-order valence-electron chi connectivity index (χ4n) is 1.86. The average molecular weight is 272 g/mol. The second-order valence-electron chi connectivity index (χ2n) is 4.84. The van der Waals surface area contributed by atoms with Gasteiger partial charge < -0.3 is 10.4 Å². The van der Waals surface area contributed by atoms with Crippen LogP contribution in [0.4, 0.5) is 20.2 Å². The van der Waals surface area contributed by atoms with E-state index in [2.05, 4.69) is 5.32 Å². The fourth-order valence-corrected chi connectivity index (χ4v) is 1.86. The minimum Gasteiger partial charge on any atom is -0.396 e. The Morgan fingerprint density at radius 1 is 1.47 bits per heavy atom. The molecule has 0 saturated heterocycles. The summed E-state index contributed by atoms with van der Waals surface area (Å²) in [5.41, 5.74) is -0.784. The van der Waals surface area contributed by atoms with Gasteiger partial charge in [0, 0.05) is 35.3 Å². The van der Waals surface area contributed by atoms with Crippen LogP contribution in [0.1, 0.15) is 24.8 Å². The van der Waals surface area contributed by atoms with Crippen molar-refractivity contribution in [2.45, 2.75) is 19.3 Å². The van der Waals surface area contributed by atoms with Gasteiger partial charge in [-0.2, -0.15) is 0 Å². The molecule has 1 fully saturated rings. The summed E-state index contributed by atoms with van der Waals surface area (Å²) >= 11 is 0. The van der Waals surface area contributed by atoms with E-state index < -0.39 is 11.3 Å². The molecule has 0 spiro atoms. The summed E-state index contributed by atoms with van der Waals surface area (Å²) in [6, 6.07) is 3.35. The zero-order chi connectivity index (χ0) is 14.0. The Morgan fingerprint density at radius 3 is 2.63 bits per heavy atom. The Bertz CT molecular complexity index is 490. The quantitative estimate of drug-likeness (QED) is 0.616. The molecule has 0 aromatic heterocycles. The number of nitro benzene ring substituents is 1. The third kappa shape index (κ3) is 2.98. The third-order valence-electron chi connectivity index (χ3n) is 3.43. The number of rotatable bonds is 6. The van der Waals surface area contributed by atoms with Crippen molar-refractivity contribution in [3.05, 3.63) is 33.9 Å². The van der Waals surface area contributed by atoms with Crippen molar-refractivity contribution < 1.29 is 18.8 Å². The molecule has 7 heteroatoms. The predicted molar refractivity (Wildman–Crippen MR) is 65.3 cm³/mol. The number of aliphatic hydroxyl groups excluding tert-OH is 1. The smallest absolute Gasteiger partial charge is 0.270 e. The van der Waals surface area contributed by atoms with Crippen LogP contribution < -0.4 is 5.32 Å². The summed E-state index contributed by atoms with van der Waals surface area (Å²) in [6.07, 6.45) is -1.08. The minimum absolute atomic E-state index is 0.0109. The van der Waals surface area contributed by atoms with Crippen LogP contribution in [0.15, 0.2) is 18.2 Å². The van der Waals surface area contributed by atoms with Crippen LogP contribution in [0.25, 0.3) is 0 Å². The lowest BCUT2D eigenvalue weighted by Crippen LogP contribution is -2.19. The normalized spacial score (nSPS) is 16.4. The Balaban J connectivity index is 2.17. The molecule has 0 atom stereocenters. The Morgan fingerprint density at radius 2 is 2.16 bits per heavy atom. The standard InChI is InChI=1S/C12H14F2N2O3/c13-11(14)9-5-8(16(18)19)1-2-10(9)15-6-12(7-17)3-4-12/h1-2,5,11,15,17H,3-4,6-7H2. The minimum atomic E-state index is -2.79. The van der Waals surface area contributed by atoms with E-state index in [1.807, 2.05) is 0 Å². The second-order valence-corrected chi connectivity index (χ2v) is 4.84. The number of anilines is 1. The number of nitrogens with zero attached hydrogens (tertiary/aromatic N) is 1. The first-order valence-corrected chi connectivity index (χ1v) is 5.89. The predicted octanol–water partition coefficient (Wildman–Crippen LogP) is 2.72. The molecule has 0 amide bonds. The summed E-state index contributed by atoms with van der Waals surface area (Å²) in [5.74, 6) is 0. The number of aliphatic hydroxyl groups is 1. The summed E-state index contributed by atoms with van der Waals surface area (Å²) in [7, 11) is 0. The second kappa shape index (κ2) is 5.08. The van der Waals surface area contributed by atoms with E-state index in [4.69, 9.17) is 5.11 Å².